The van der Waals surface area contributed by atoms with Crippen molar-refractivity contribution in [3.8, 4) is 27.6 Å². The number of nitrogen functional groups attached to an aromatic ring is 1. The van der Waals surface area contributed by atoms with E-state index in [1.54, 1.807) is 17.5 Å². The van der Waals surface area contributed by atoms with Crippen molar-refractivity contribution in [2.24, 2.45) is 0 Å². The van der Waals surface area contributed by atoms with Crippen molar-refractivity contribution in [2.45, 2.75) is 0 Å². The third-order valence-corrected chi connectivity index (χ3v) is 4.44. The predicted octanol–water partition coefficient (Wildman–Crippen LogP) is 4.25. The average Bonchev–Trinajstić information content (AvgIpc) is 3.23. The van der Waals surface area contributed by atoms with Gasteiger partial charge in [-0.15, -0.1) is 11.3 Å². The first kappa shape index (κ1) is 13.7. The third-order valence-electron chi connectivity index (χ3n) is 3.61. The molecule has 0 aliphatic heterocycles. The van der Waals surface area contributed by atoms with Crippen LogP contribution in [0.4, 0.5) is 5.95 Å². The Morgan fingerprint density at radius 3 is 2.22 bits per heavy atom. The standard InChI is InChI=1S/C18H14N4S/c19-17-20-11-16(14-9-5-2-6-10-14)22(17)18-21-15(12-23-18)13-7-3-1-4-8-13/h1-12H,(H2,19,20). The number of nitrogens with zero attached hydrogens (tertiary/aromatic N) is 3. The third kappa shape index (κ3) is 2.51. The Labute approximate surface area is 137 Å². The SMILES string of the molecule is Nc1ncc(-c2ccccc2)n1-c1nc(-c2ccccc2)cs1. The summed E-state index contributed by atoms with van der Waals surface area (Å²) in [5, 5.41) is 2.86. The maximum absolute atomic E-state index is 6.08. The second-order valence-electron chi connectivity index (χ2n) is 5.08. The second-order valence-corrected chi connectivity index (χ2v) is 5.92. The molecule has 2 N–H and O–H groups in total. The lowest BCUT2D eigenvalue weighted by Crippen LogP contribution is -2.02. The van der Waals surface area contributed by atoms with Crippen molar-refractivity contribution >= 4 is 17.3 Å². The molecule has 0 radical (unpaired) electrons. The fraction of sp³-hybridized carbons (Fsp3) is 0. The lowest BCUT2D eigenvalue weighted by Gasteiger charge is -2.06. The Morgan fingerprint density at radius 2 is 1.52 bits per heavy atom. The molecule has 2 aromatic heterocycles. The molecule has 4 rings (SSSR count). The highest BCUT2D eigenvalue weighted by Crippen LogP contribution is 2.30. The number of hydrogen-bond acceptors (Lipinski definition) is 4. The van der Waals surface area contributed by atoms with E-state index in [1.165, 1.54) is 0 Å². The minimum absolute atomic E-state index is 0.442. The number of anilines is 1. The fourth-order valence-electron chi connectivity index (χ4n) is 2.49. The zero-order valence-electron chi connectivity index (χ0n) is 12.3. The lowest BCUT2D eigenvalue weighted by molar-refractivity contribution is 1.05. The Hall–Kier alpha value is -2.92. The highest BCUT2D eigenvalue weighted by Gasteiger charge is 2.14. The number of imidazole rings is 1. The second kappa shape index (κ2) is 5.70. The molecule has 2 aromatic carbocycles. The van der Waals surface area contributed by atoms with E-state index < -0.39 is 0 Å². The zero-order valence-corrected chi connectivity index (χ0v) is 13.1. The van der Waals surface area contributed by atoms with E-state index in [4.69, 9.17) is 10.7 Å². The summed E-state index contributed by atoms with van der Waals surface area (Å²) in [7, 11) is 0. The van der Waals surface area contributed by atoms with Gasteiger partial charge < -0.3 is 5.73 Å². The van der Waals surface area contributed by atoms with Crippen molar-refractivity contribution < 1.29 is 0 Å². The van der Waals surface area contributed by atoms with E-state index in [2.05, 4.69) is 4.98 Å². The van der Waals surface area contributed by atoms with Gasteiger partial charge in [0.25, 0.3) is 0 Å². The average molecular weight is 318 g/mol. The van der Waals surface area contributed by atoms with E-state index in [0.717, 1.165) is 27.6 Å². The molecule has 0 atom stereocenters. The molecule has 0 amide bonds. The first-order valence-electron chi connectivity index (χ1n) is 7.23. The number of nitrogens with two attached hydrogens (primary N) is 1. The van der Waals surface area contributed by atoms with Gasteiger partial charge in [-0.1, -0.05) is 60.7 Å². The molecule has 0 saturated carbocycles. The van der Waals surface area contributed by atoms with Gasteiger partial charge in [-0.2, -0.15) is 0 Å². The molecule has 4 nitrogen and oxygen atoms in total. The molecule has 0 aliphatic carbocycles. The molecule has 0 spiro atoms. The van der Waals surface area contributed by atoms with Crippen LogP contribution in [0.5, 0.6) is 0 Å². The molecule has 0 fully saturated rings. The van der Waals surface area contributed by atoms with Crippen LogP contribution in [0.1, 0.15) is 0 Å². The maximum Gasteiger partial charge on any atom is 0.207 e. The van der Waals surface area contributed by atoms with Crippen molar-refractivity contribution in [1.82, 2.24) is 14.5 Å². The van der Waals surface area contributed by atoms with Gasteiger partial charge in [0.05, 0.1) is 17.6 Å². The van der Waals surface area contributed by atoms with Crippen LogP contribution in [-0.2, 0) is 0 Å². The van der Waals surface area contributed by atoms with Crippen LogP contribution < -0.4 is 5.73 Å². The summed E-state index contributed by atoms with van der Waals surface area (Å²) >= 11 is 1.56. The minimum Gasteiger partial charge on any atom is -0.369 e. The highest BCUT2D eigenvalue weighted by molar-refractivity contribution is 7.12. The highest BCUT2D eigenvalue weighted by atomic mass is 32.1. The molecule has 112 valence electrons. The first-order chi connectivity index (χ1) is 11.3. The zero-order chi connectivity index (χ0) is 15.6. The van der Waals surface area contributed by atoms with Gasteiger partial charge in [0.2, 0.25) is 5.95 Å². The number of rotatable bonds is 3. The van der Waals surface area contributed by atoms with Crippen molar-refractivity contribution in [1.29, 1.82) is 0 Å². The molecule has 0 unspecified atom stereocenters. The Bertz CT molecular complexity index is 926. The minimum atomic E-state index is 0.442. The predicted molar refractivity (Wildman–Crippen MR) is 94.5 cm³/mol. The van der Waals surface area contributed by atoms with Crippen LogP contribution in [0.3, 0.4) is 0 Å². The number of hydrogen-bond donors (Lipinski definition) is 1. The van der Waals surface area contributed by atoms with E-state index in [-0.39, 0.29) is 0 Å². The van der Waals surface area contributed by atoms with Crippen LogP contribution in [0.15, 0.2) is 72.2 Å². The molecule has 4 aromatic rings. The molecule has 5 heteroatoms. The summed E-state index contributed by atoms with van der Waals surface area (Å²) in [5.41, 5.74) is 10.1. The monoisotopic (exact) mass is 318 g/mol. The van der Waals surface area contributed by atoms with Gasteiger partial charge in [-0.05, 0) is 0 Å². The molecular formula is C18H14N4S. The molecule has 0 saturated heterocycles. The summed E-state index contributed by atoms with van der Waals surface area (Å²) in [6, 6.07) is 20.2. The Morgan fingerprint density at radius 1 is 0.870 bits per heavy atom. The molecule has 0 aliphatic rings. The van der Waals surface area contributed by atoms with E-state index >= 15 is 0 Å². The van der Waals surface area contributed by atoms with Crippen molar-refractivity contribution in [3.63, 3.8) is 0 Å². The summed E-state index contributed by atoms with van der Waals surface area (Å²) in [6.07, 6.45) is 1.79. The smallest absolute Gasteiger partial charge is 0.207 e. The van der Waals surface area contributed by atoms with Gasteiger partial charge in [0.1, 0.15) is 0 Å². The molecule has 0 bridgehead atoms. The van der Waals surface area contributed by atoms with Crippen LogP contribution >= 0.6 is 11.3 Å². The van der Waals surface area contributed by atoms with Crippen molar-refractivity contribution in [2.75, 3.05) is 5.73 Å². The first-order valence-corrected chi connectivity index (χ1v) is 8.11. The Kier molecular flexibility index (Phi) is 3.40. The summed E-state index contributed by atoms with van der Waals surface area (Å²) in [4.78, 5) is 8.99. The summed E-state index contributed by atoms with van der Waals surface area (Å²) < 4.78 is 1.90. The summed E-state index contributed by atoms with van der Waals surface area (Å²) in [5.74, 6) is 0.442. The summed E-state index contributed by atoms with van der Waals surface area (Å²) in [6.45, 7) is 0. The number of benzene rings is 2. The molecular weight excluding hydrogens is 304 g/mol. The topological polar surface area (TPSA) is 56.7 Å². The van der Waals surface area contributed by atoms with Crippen molar-refractivity contribution in [3.05, 3.63) is 72.2 Å². The molecule has 23 heavy (non-hydrogen) atoms. The fourth-order valence-corrected chi connectivity index (χ4v) is 3.34. The lowest BCUT2D eigenvalue weighted by atomic mass is 10.2. The van der Waals surface area contributed by atoms with E-state index in [1.807, 2.05) is 70.6 Å². The number of aromatic nitrogens is 3. The van der Waals surface area contributed by atoms with Gasteiger partial charge in [-0.3, -0.25) is 4.57 Å². The maximum atomic E-state index is 6.08. The van der Waals surface area contributed by atoms with Crippen LogP contribution in [-0.4, -0.2) is 14.5 Å². The van der Waals surface area contributed by atoms with E-state index in [9.17, 15) is 0 Å². The quantitative estimate of drug-likeness (QED) is 0.614. The largest absolute Gasteiger partial charge is 0.369 e. The molecule has 2 heterocycles. The normalized spacial score (nSPS) is 10.8. The van der Waals surface area contributed by atoms with Gasteiger partial charge in [0, 0.05) is 16.5 Å². The Balaban J connectivity index is 1.81. The van der Waals surface area contributed by atoms with E-state index in [0.29, 0.717) is 5.95 Å². The van der Waals surface area contributed by atoms with Crippen LogP contribution in [0.25, 0.3) is 27.6 Å². The van der Waals surface area contributed by atoms with Gasteiger partial charge in [-0.25, -0.2) is 9.97 Å². The van der Waals surface area contributed by atoms with Crippen LogP contribution in [0, 0.1) is 0 Å². The number of thiazole rings is 1. The van der Waals surface area contributed by atoms with Gasteiger partial charge >= 0.3 is 0 Å². The van der Waals surface area contributed by atoms with Crippen LogP contribution in [0.2, 0.25) is 0 Å². The van der Waals surface area contributed by atoms with Gasteiger partial charge in [0.15, 0.2) is 5.13 Å².